The SMILES string of the molecule is Cc1nnsc1C(=O)NC1CCN(CC(N)=NO)CC1. The second kappa shape index (κ2) is 6.62. The normalized spacial score (nSPS) is 18.1. The Kier molecular flexibility index (Phi) is 4.85. The van der Waals surface area contributed by atoms with Gasteiger partial charge in [-0.2, -0.15) is 0 Å². The van der Waals surface area contributed by atoms with Gasteiger partial charge in [0.2, 0.25) is 0 Å². The van der Waals surface area contributed by atoms with Crippen LogP contribution in [0.5, 0.6) is 0 Å². The number of rotatable bonds is 4. The smallest absolute Gasteiger partial charge is 0.265 e. The van der Waals surface area contributed by atoms with Gasteiger partial charge in [-0.15, -0.1) is 5.10 Å². The first-order valence-electron chi connectivity index (χ1n) is 6.38. The van der Waals surface area contributed by atoms with Crippen LogP contribution < -0.4 is 11.1 Å². The standard InChI is InChI=1S/C11H18N6O2S/c1-7-10(20-16-14-7)11(18)13-8-2-4-17(5-3-8)6-9(12)15-19/h8,19H,2-6H2,1H3,(H2,12,15)(H,13,18). The summed E-state index contributed by atoms with van der Waals surface area (Å²) >= 11 is 1.11. The molecule has 1 aromatic heterocycles. The van der Waals surface area contributed by atoms with Gasteiger partial charge in [0.1, 0.15) is 4.88 Å². The Hall–Kier alpha value is -1.74. The minimum absolute atomic E-state index is 0.104. The Bertz CT molecular complexity index is 495. The van der Waals surface area contributed by atoms with E-state index in [1.54, 1.807) is 6.92 Å². The molecule has 8 nitrogen and oxygen atoms in total. The molecule has 9 heteroatoms. The van der Waals surface area contributed by atoms with E-state index in [9.17, 15) is 4.79 Å². The fourth-order valence-electron chi connectivity index (χ4n) is 2.19. The number of aryl methyl sites for hydroxylation is 1. The summed E-state index contributed by atoms with van der Waals surface area (Å²) < 4.78 is 3.76. The summed E-state index contributed by atoms with van der Waals surface area (Å²) in [5.74, 6) is 0.103. The van der Waals surface area contributed by atoms with Crippen molar-refractivity contribution in [2.75, 3.05) is 19.6 Å². The highest BCUT2D eigenvalue weighted by atomic mass is 32.1. The Balaban J connectivity index is 1.80. The van der Waals surface area contributed by atoms with Crippen molar-refractivity contribution < 1.29 is 10.0 Å². The Morgan fingerprint density at radius 3 is 2.85 bits per heavy atom. The highest BCUT2D eigenvalue weighted by molar-refractivity contribution is 7.08. The van der Waals surface area contributed by atoms with E-state index in [1.807, 2.05) is 0 Å². The van der Waals surface area contributed by atoms with Crippen LogP contribution in [0.4, 0.5) is 0 Å². The van der Waals surface area contributed by atoms with E-state index in [-0.39, 0.29) is 17.8 Å². The molecule has 1 aliphatic heterocycles. The average Bonchev–Trinajstić information content (AvgIpc) is 2.87. The molecule has 4 N–H and O–H groups in total. The van der Waals surface area contributed by atoms with Crippen molar-refractivity contribution in [1.29, 1.82) is 0 Å². The van der Waals surface area contributed by atoms with E-state index in [1.165, 1.54) is 0 Å². The number of hydrogen-bond donors (Lipinski definition) is 3. The molecule has 1 fully saturated rings. The molecular weight excluding hydrogens is 280 g/mol. The number of aromatic nitrogens is 2. The zero-order valence-electron chi connectivity index (χ0n) is 11.2. The molecule has 0 saturated carbocycles. The molecule has 110 valence electrons. The summed E-state index contributed by atoms with van der Waals surface area (Å²) in [7, 11) is 0. The molecular formula is C11H18N6O2S. The molecule has 0 atom stereocenters. The number of carbonyl (C=O) groups is 1. The molecule has 0 aliphatic carbocycles. The van der Waals surface area contributed by atoms with Gasteiger partial charge in [0.15, 0.2) is 5.84 Å². The molecule has 1 aromatic rings. The average molecular weight is 298 g/mol. The van der Waals surface area contributed by atoms with Crippen LogP contribution in [0.25, 0.3) is 0 Å². The van der Waals surface area contributed by atoms with Gasteiger partial charge in [-0.3, -0.25) is 9.69 Å². The van der Waals surface area contributed by atoms with Crippen molar-refractivity contribution in [3.63, 3.8) is 0 Å². The molecule has 1 saturated heterocycles. The number of oxime groups is 1. The Labute approximate surface area is 120 Å². The second-order valence-corrected chi connectivity index (χ2v) is 5.56. The van der Waals surface area contributed by atoms with E-state index in [4.69, 9.17) is 10.9 Å². The summed E-state index contributed by atoms with van der Waals surface area (Å²) in [6, 6.07) is 0.146. The molecule has 0 spiro atoms. The number of nitrogens with two attached hydrogens (primary N) is 1. The predicted octanol–water partition coefficient (Wildman–Crippen LogP) is -0.213. The number of likely N-dealkylation sites (tertiary alicyclic amines) is 1. The molecule has 2 heterocycles. The first-order valence-corrected chi connectivity index (χ1v) is 7.16. The van der Waals surface area contributed by atoms with Crippen molar-refractivity contribution in [3.8, 4) is 0 Å². The number of nitrogens with zero attached hydrogens (tertiary/aromatic N) is 4. The lowest BCUT2D eigenvalue weighted by molar-refractivity contribution is 0.0918. The summed E-state index contributed by atoms with van der Waals surface area (Å²) in [6.07, 6.45) is 1.69. The van der Waals surface area contributed by atoms with Gasteiger partial charge in [0.25, 0.3) is 5.91 Å². The van der Waals surface area contributed by atoms with Crippen LogP contribution in [0.3, 0.4) is 0 Å². The molecule has 2 rings (SSSR count). The first kappa shape index (κ1) is 14.7. The van der Waals surface area contributed by atoms with Crippen molar-refractivity contribution in [3.05, 3.63) is 10.6 Å². The van der Waals surface area contributed by atoms with Crippen LogP contribution in [0.1, 0.15) is 28.2 Å². The fraction of sp³-hybridized carbons (Fsp3) is 0.636. The van der Waals surface area contributed by atoms with E-state index in [0.29, 0.717) is 17.1 Å². The number of hydrogen-bond acceptors (Lipinski definition) is 7. The Morgan fingerprint density at radius 1 is 1.60 bits per heavy atom. The van der Waals surface area contributed by atoms with Gasteiger partial charge in [0, 0.05) is 19.1 Å². The van der Waals surface area contributed by atoms with E-state index >= 15 is 0 Å². The van der Waals surface area contributed by atoms with Gasteiger partial charge in [0.05, 0.1) is 12.2 Å². The molecule has 0 bridgehead atoms. The highest BCUT2D eigenvalue weighted by Crippen LogP contribution is 2.13. The second-order valence-electron chi connectivity index (χ2n) is 4.80. The third-order valence-electron chi connectivity index (χ3n) is 3.29. The number of nitrogens with one attached hydrogen (secondary N) is 1. The summed E-state index contributed by atoms with van der Waals surface area (Å²) in [5, 5.41) is 18.3. The van der Waals surface area contributed by atoms with Gasteiger partial charge in [-0.25, -0.2) is 0 Å². The number of carbonyl (C=O) groups excluding carboxylic acids is 1. The molecule has 1 amide bonds. The minimum atomic E-state index is -0.104. The first-order chi connectivity index (χ1) is 9.60. The quantitative estimate of drug-likeness (QED) is 0.306. The van der Waals surface area contributed by atoms with Crippen molar-refractivity contribution >= 4 is 23.3 Å². The lowest BCUT2D eigenvalue weighted by Gasteiger charge is -2.31. The lowest BCUT2D eigenvalue weighted by atomic mass is 10.0. The fourth-order valence-corrected chi connectivity index (χ4v) is 2.75. The molecule has 0 aromatic carbocycles. The highest BCUT2D eigenvalue weighted by Gasteiger charge is 2.23. The minimum Gasteiger partial charge on any atom is -0.409 e. The van der Waals surface area contributed by atoms with E-state index in [2.05, 4.69) is 25.0 Å². The van der Waals surface area contributed by atoms with Crippen LogP contribution >= 0.6 is 11.5 Å². The van der Waals surface area contributed by atoms with Gasteiger partial charge in [-0.05, 0) is 31.3 Å². The van der Waals surface area contributed by atoms with Crippen molar-refractivity contribution in [1.82, 2.24) is 19.8 Å². The maximum Gasteiger partial charge on any atom is 0.265 e. The van der Waals surface area contributed by atoms with Crippen LogP contribution in [0.2, 0.25) is 0 Å². The number of piperidine rings is 1. The maximum atomic E-state index is 12.0. The third-order valence-corrected chi connectivity index (χ3v) is 4.12. The zero-order valence-corrected chi connectivity index (χ0v) is 12.1. The molecule has 20 heavy (non-hydrogen) atoms. The summed E-state index contributed by atoms with van der Waals surface area (Å²) in [6.45, 7) is 3.84. The summed E-state index contributed by atoms with van der Waals surface area (Å²) in [4.78, 5) is 14.7. The largest absolute Gasteiger partial charge is 0.409 e. The molecule has 0 unspecified atom stereocenters. The number of amidine groups is 1. The van der Waals surface area contributed by atoms with Crippen LogP contribution in [0.15, 0.2) is 5.16 Å². The van der Waals surface area contributed by atoms with Crippen molar-refractivity contribution in [2.45, 2.75) is 25.8 Å². The maximum absolute atomic E-state index is 12.0. The van der Waals surface area contributed by atoms with Gasteiger partial charge < -0.3 is 16.3 Å². The predicted molar refractivity (Wildman–Crippen MR) is 75.0 cm³/mol. The summed E-state index contributed by atoms with van der Waals surface area (Å²) in [5.41, 5.74) is 6.14. The third kappa shape index (κ3) is 3.64. The lowest BCUT2D eigenvalue weighted by Crippen LogP contribution is -2.46. The van der Waals surface area contributed by atoms with Gasteiger partial charge in [-0.1, -0.05) is 9.64 Å². The zero-order chi connectivity index (χ0) is 14.5. The monoisotopic (exact) mass is 298 g/mol. The molecule has 1 aliphatic rings. The van der Waals surface area contributed by atoms with E-state index < -0.39 is 0 Å². The van der Waals surface area contributed by atoms with Crippen LogP contribution in [-0.2, 0) is 0 Å². The van der Waals surface area contributed by atoms with E-state index in [0.717, 1.165) is 37.5 Å². The number of amides is 1. The molecule has 0 radical (unpaired) electrons. The van der Waals surface area contributed by atoms with Gasteiger partial charge >= 0.3 is 0 Å². The van der Waals surface area contributed by atoms with Crippen molar-refractivity contribution in [2.24, 2.45) is 10.9 Å². The Morgan fingerprint density at radius 2 is 2.30 bits per heavy atom. The van der Waals surface area contributed by atoms with Crippen LogP contribution in [0, 0.1) is 6.92 Å². The van der Waals surface area contributed by atoms with Crippen LogP contribution in [-0.4, -0.2) is 57.1 Å². The topological polar surface area (TPSA) is 117 Å².